The van der Waals surface area contributed by atoms with Crippen LogP contribution in [0, 0.1) is 0 Å². The van der Waals surface area contributed by atoms with Crippen LogP contribution in [0.25, 0.3) is 0 Å². The molecule has 1 aliphatic heterocycles. The molecule has 1 aromatic carbocycles. The number of anilines is 1. The summed E-state index contributed by atoms with van der Waals surface area (Å²) in [6.07, 6.45) is 7.78. The number of carbonyl (C=O) groups is 1. The predicted octanol–water partition coefficient (Wildman–Crippen LogP) is 2.86. The second-order valence-electron chi connectivity index (χ2n) is 6.77. The van der Waals surface area contributed by atoms with Crippen LogP contribution >= 0.6 is 0 Å². The van der Waals surface area contributed by atoms with Crippen molar-refractivity contribution >= 4 is 11.7 Å². The molecule has 4 rings (SSSR count). The third kappa shape index (κ3) is 4.16. The molecule has 0 spiro atoms. The quantitative estimate of drug-likeness (QED) is 0.733. The van der Waals surface area contributed by atoms with E-state index in [-0.39, 0.29) is 5.91 Å². The van der Waals surface area contributed by atoms with E-state index in [1.165, 1.54) is 5.56 Å². The summed E-state index contributed by atoms with van der Waals surface area (Å²) in [4.78, 5) is 19.3. The topological polar surface area (TPSA) is 63.1 Å². The highest BCUT2D eigenvalue weighted by molar-refractivity contribution is 5.98. The molecule has 2 aromatic heterocycles. The zero-order valence-corrected chi connectivity index (χ0v) is 15.2. The van der Waals surface area contributed by atoms with Crippen molar-refractivity contribution in [3.8, 4) is 0 Å². The van der Waals surface area contributed by atoms with E-state index in [2.05, 4.69) is 32.4 Å². The highest BCUT2D eigenvalue weighted by atomic mass is 16.1. The van der Waals surface area contributed by atoms with E-state index in [9.17, 15) is 4.79 Å². The molecule has 6 heteroatoms. The molecule has 0 saturated carbocycles. The maximum atomic E-state index is 12.7. The first-order chi connectivity index (χ1) is 13.3. The lowest BCUT2D eigenvalue weighted by molar-refractivity contribution is 0.0951. The Balaban J connectivity index is 1.38. The lowest BCUT2D eigenvalue weighted by atomic mass is 10.1. The van der Waals surface area contributed by atoms with Crippen LogP contribution in [0.5, 0.6) is 0 Å². The summed E-state index contributed by atoms with van der Waals surface area (Å²) in [5, 5.41) is 7.24. The second kappa shape index (κ2) is 8.03. The van der Waals surface area contributed by atoms with Crippen molar-refractivity contribution in [2.75, 3.05) is 18.0 Å². The Labute approximate surface area is 158 Å². The van der Waals surface area contributed by atoms with Gasteiger partial charge >= 0.3 is 0 Å². The van der Waals surface area contributed by atoms with Crippen molar-refractivity contribution in [3.05, 3.63) is 77.7 Å². The predicted molar refractivity (Wildman–Crippen MR) is 105 cm³/mol. The minimum absolute atomic E-state index is 0.0781. The summed E-state index contributed by atoms with van der Waals surface area (Å²) in [6.45, 7) is 3.17. The number of amides is 1. The number of rotatable bonds is 6. The van der Waals surface area contributed by atoms with Crippen LogP contribution < -0.4 is 10.2 Å². The molecule has 1 fully saturated rings. The molecule has 6 nitrogen and oxygen atoms in total. The van der Waals surface area contributed by atoms with E-state index >= 15 is 0 Å². The van der Waals surface area contributed by atoms with Crippen LogP contribution in [0.15, 0.2) is 61.1 Å². The molecule has 0 unspecified atom stereocenters. The Morgan fingerprint density at radius 3 is 2.52 bits per heavy atom. The van der Waals surface area contributed by atoms with Gasteiger partial charge in [0.15, 0.2) is 0 Å². The summed E-state index contributed by atoms with van der Waals surface area (Å²) in [5.74, 6) is 0.715. The molecule has 3 heterocycles. The van der Waals surface area contributed by atoms with E-state index in [1.807, 2.05) is 41.2 Å². The largest absolute Gasteiger partial charge is 0.356 e. The zero-order chi connectivity index (χ0) is 18.5. The minimum atomic E-state index is -0.0781. The smallest absolute Gasteiger partial charge is 0.255 e. The number of carbonyl (C=O) groups excluding carboxylic acids is 1. The highest BCUT2D eigenvalue weighted by Crippen LogP contribution is 2.21. The van der Waals surface area contributed by atoms with Gasteiger partial charge in [-0.1, -0.05) is 24.3 Å². The highest BCUT2D eigenvalue weighted by Gasteiger charge is 2.20. The normalized spacial score (nSPS) is 13.7. The minimum Gasteiger partial charge on any atom is -0.356 e. The SMILES string of the molecule is O=C(NCc1ccc(Cn2cccn2)cc1)c1cccnc1N1CCCC1. The Hall–Kier alpha value is -3.15. The zero-order valence-electron chi connectivity index (χ0n) is 15.2. The van der Waals surface area contributed by atoms with Crippen molar-refractivity contribution in [3.63, 3.8) is 0 Å². The van der Waals surface area contributed by atoms with Gasteiger partial charge in [0, 0.05) is 38.2 Å². The molecular weight excluding hydrogens is 338 g/mol. The number of benzene rings is 1. The average molecular weight is 361 g/mol. The van der Waals surface area contributed by atoms with Gasteiger partial charge in [-0.25, -0.2) is 4.98 Å². The van der Waals surface area contributed by atoms with E-state index in [1.54, 1.807) is 12.4 Å². The van der Waals surface area contributed by atoms with Crippen molar-refractivity contribution in [1.82, 2.24) is 20.1 Å². The maximum absolute atomic E-state index is 12.7. The monoisotopic (exact) mass is 361 g/mol. The van der Waals surface area contributed by atoms with Crippen LogP contribution in [0.2, 0.25) is 0 Å². The van der Waals surface area contributed by atoms with Crippen molar-refractivity contribution in [2.45, 2.75) is 25.9 Å². The van der Waals surface area contributed by atoms with Gasteiger partial charge < -0.3 is 10.2 Å². The van der Waals surface area contributed by atoms with E-state index in [0.717, 1.165) is 43.9 Å². The first-order valence-corrected chi connectivity index (χ1v) is 9.33. The Morgan fingerprint density at radius 1 is 1.00 bits per heavy atom. The number of hydrogen-bond acceptors (Lipinski definition) is 4. The van der Waals surface area contributed by atoms with Crippen LogP contribution in [0.3, 0.4) is 0 Å². The van der Waals surface area contributed by atoms with Gasteiger partial charge in [-0.05, 0) is 42.2 Å². The summed E-state index contributed by atoms with van der Waals surface area (Å²) < 4.78 is 1.89. The standard InChI is InChI=1S/C21H23N5O/c27-21(19-5-3-10-22-20(19)25-12-1-2-13-25)23-15-17-6-8-18(9-7-17)16-26-14-4-11-24-26/h3-11,14H,1-2,12-13,15-16H2,(H,23,27). The van der Waals surface area contributed by atoms with E-state index < -0.39 is 0 Å². The van der Waals surface area contributed by atoms with E-state index in [4.69, 9.17) is 0 Å². The number of hydrogen-bond donors (Lipinski definition) is 1. The molecular formula is C21H23N5O. The van der Waals surface area contributed by atoms with Gasteiger partial charge in [0.05, 0.1) is 12.1 Å². The molecule has 1 amide bonds. The molecule has 27 heavy (non-hydrogen) atoms. The molecule has 1 saturated heterocycles. The van der Waals surface area contributed by atoms with Crippen LogP contribution in [0.1, 0.15) is 34.3 Å². The summed E-state index contributed by atoms with van der Waals surface area (Å²) in [7, 11) is 0. The summed E-state index contributed by atoms with van der Waals surface area (Å²) >= 11 is 0. The van der Waals surface area contributed by atoms with Gasteiger partial charge in [0.1, 0.15) is 5.82 Å². The van der Waals surface area contributed by atoms with Gasteiger partial charge in [-0.2, -0.15) is 5.10 Å². The second-order valence-corrected chi connectivity index (χ2v) is 6.77. The first kappa shape index (κ1) is 17.3. The number of nitrogens with one attached hydrogen (secondary N) is 1. The van der Waals surface area contributed by atoms with Crippen molar-refractivity contribution < 1.29 is 4.79 Å². The fourth-order valence-electron chi connectivity index (χ4n) is 3.38. The maximum Gasteiger partial charge on any atom is 0.255 e. The van der Waals surface area contributed by atoms with Gasteiger partial charge in [-0.3, -0.25) is 9.48 Å². The lowest BCUT2D eigenvalue weighted by Gasteiger charge is -2.19. The van der Waals surface area contributed by atoms with Gasteiger partial charge in [0.25, 0.3) is 5.91 Å². The Morgan fingerprint density at radius 2 is 1.78 bits per heavy atom. The summed E-state index contributed by atoms with van der Waals surface area (Å²) in [5.41, 5.74) is 2.89. The van der Waals surface area contributed by atoms with Crippen LogP contribution in [-0.2, 0) is 13.1 Å². The van der Waals surface area contributed by atoms with Crippen LogP contribution in [0.4, 0.5) is 5.82 Å². The molecule has 0 atom stereocenters. The van der Waals surface area contributed by atoms with Gasteiger partial charge in [0.2, 0.25) is 0 Å². The third-order valence-electron chi connectivity index (χ3n) is 4.82. The molecule has 1 aliphatic rings. The van der Waals surface area contributed by atoms with E-state index in [0.29, 0.717) is 12.1 Å². The Bertz CT molecular complexity index is 883. The molecule has 138 valence electrons. The molecule has 1 N–H and O–H groups in total. The third-order valence-corrected chi connectivity index (χ3v) is 4.82. The van der Waals surface area contributed by atoms with Crippen molar-refractivity contribution in [1.29, 1.82) is 0 Å². The first-order valence-electron chi connectivity index (χ1n) is 9.33. The molecule has 3 aromatic rings. The lowest BCUT2D eigenvalue weighted by Crippen LogP contribution is -2.27. The Kier molecular flexibility index (Phi) is 5.14. The average Bonchev–Trinajstić information content (AvgIpc) is 3.41. The number of nitrogens with zero attached hydrogens (tertiary/aromatic N) is 4. The molecule has 0 radical (unpaired) electrons. The fourth-order valence-corrected chi connectivity index (χ4v) is 3.38. The number of pyridine rings is 1. The molecule has 0 aliphatic carbocycles. The van der Waals surface area contributed by atoms with Crippen LogP contribution in [-0.4, -0.2) is 33.8 Å². The van der Waals surface area contributed by atoms with Gasteiger partial charge in [-0.15, -0.1) is 0 Å². The van der Waals surface area contributed by atoms with Crippen molar-refractivity contribution in [2.24, 2.45) is 0 Å². The summed E-state index contributed by atoms with van der Waals surface area (Å²) in [6, 6.07) is 13.8. The number of aromatic nitrogens is 3. The molecule has 0 bridgehead atoms. The fraction of sp³-hybridized carbons (Fsp3) is 0.286.